The Hall–Kier alpha value is -2.74. The van der Waals surface area contributed by atoms with Crippen LogP contribution in [0.25, 0.3) is 11.0 Å². The maximum absolute atomic E-state index is 12.2. The second-order valence-corrected chi connectivity index (χ2v) is 5.35. The van der Waals surface area contributed by atoms with Gasteiger partial charge in [-0.1, -0.05) is 23.5 Å². The fourth-order valence-electron chi connectivity index (χ4n) is 1.98. The highest BCUT2D eigenvalue weighted by molar-refractivity contribution is 7.15. The molecular formula is C14H11N3O4S. The third kappa shape index (κ3) is 2.44. The molecular weight excluding hydrogens is 306 g/mol. The Morgan fingerprint density at radius 3 is 2.91 bits per heavy atom. The Labute approximate surface area is 128 Å². The van der Waals surface area contributed by atoms with Crippen molar-refractivity contribution in [2.75, 3.05) is 7.11 Å². The summed E-state index contributed by atoms with van der Waals surface area (Å²) >= 11 is 1.21. The molecule has 112 valence electrons. The summed E-state index contributed by atoms with van der Waals surface area (Å²) in [6.45, 7) is 1.30. The molecule has 0 bridgehead atoms. The summed E-state index contributed by atoms with van der Waals surface area (Å²) < 4.78 is 12.1. The molecule has 0 atom stereocenters. The van der Waals surface area contributed by atoms with Crippen LogP contribution in [0.4, 0.5) is 0 Å². The van der Waals surface area contributed by atoms with Crippen molar-refractivity contribution < 1.29 is 14.3 Å². The van der Waals surface area contributed by atoms with Crippen LogP contribution in [-0.4, -0.2) is 27.7 Å². The Balaban J connectivity index is 2.21. The number of hydrogen-bond acceptors (Lipinski definition) is 7. The number of thiazole rings is 1. The molecule has 2 heterocycles. The molecule has 8 heteroatoms. The minimum absolute atomic E-state index is 0.269. The van der Waals surface area contributed by atoms with E-state index in [4.69, 9.17) is 9.47 Å². The van der Waals surface area contributed by atoms with E-state index in [9.17, 15) is 9.59 Å². The summed E-state index contributed by atoms with van der Waals surface area (Å²) in [6.07, 6.45) is 2.96. The van der Waals surface area contributed by atoms with E-state index in [0.717, 1.165) is 0 Å². The topological polar surface area (TPSA) is 82.8 Å². The van der Waals surface area contributed by atoms with E-state index < -0.39 is 5.97 Å². The van der Waals surface area contributed by atoms with E-state index in [-0.39, 0.29) is 11.3 Å². The molecule has 0 unspecified atom stereocenters. The number of esters is 1. The van der Waals surface area contributed by atoms with Crippen LogP contribution in [0.15, 0.2) is 29.3 Å². The van der Waals surface area contributed by atoms with Gasteiger partial charge in [0.15, 0.2) is 11.5 Å². The lowest BCUT2D eigenvalue weighted by Gasteiger charge is -2.10. The molecule has 7 nitrogen and oxygen atoms in total. The number of methoxy groups -OCH3 is 1. The van der Waals surface area contributed by atoms with E-state index in [2.05, 4.69) is 10.1 Å². The Morgan fingerprint density at radius 2 is 2.23 bits per heavy atom. The fraction of sp³-hybridized carbons (Fsp3) is 0.143. The highest BCUT2D eigenvalue weighted by Gasteiger charge is 2.12. The summed E-state index contributed by atoms with van der Waals surface area (Å²) in [5, 5.41) is 3.86. The summed E-state index contributed by atoms with van der Waals surface area (Å²) in [5.74, 6) is 0.218. The van der Waals surface area contributed by atoms with Gasteiger partial charge in [-0.2, -0.15) is 9.61 Å². The van der Waals surface area contributed by atoms with Gasteiger partial charge in [0.2, 0.25) is 4.96 Å². The van der Waals surface area contributed by atoms with E-state index >= 15 is 0 Å². The molecule has 0 aliphatic rings. The van der Waals surface area contributed by atoms with Crippen LogP contribution in [0.1, 0.15) is 12.5 Å². The van der Waals surface area contributed by atoms with Crippen LogP contribution in [0.3, 0.4) is 0 Å². The molecule has 0 radical (unpaired) electrons. The maximum atomic E-state index is 12.2. The molecule has 0 aliphatic heterocycles. The Kier molecular flexibility index (Phi) is 3.60. The lowest BCUT2D eigenvalue weighted by Crippen LogP contribution is -2.23. The SMILES string of the molecule is COc1cccc(/C=c2\sc3ncnn3c2=O)c1OC(C)=O. The van der Waals surface area contributed by atoms with Gasteiger partial charge >= 0.3 is 5.97 Å². The van der Waals surface area contributed by atoms with E-state index in [1.807, 2.05) is 0 Å². The van der Waals surface area contributed by atoms with Crippen LogP contribution >= 0.6 is 11.3 Å². The number of para-hydroxylation sites is 1. The van der Waals surface area contributed by atoms with Gasteiger partial charge in [0.05, 0.1) is 11.6 Å². The predicted octanol–water partition coefficient (Wildman–Crippen LogP) is 0.633. The number of carbonyl (C=O) groups is 1. The summed E-state index contributed by atoms with van der Waals surface area (Å²) in [6, 6.07) is 5.16. The first-order chi connectivity index (χ1) is 10.6. The third-order valence-electron chi connectivity index (χ3n) is 2.88. The summed E-state index contributed by atoms with van der Waals surface area (Å²) in [5.41, 5.74) is 0.297. The van der Waals surface area contributed by atoms with Crippen molar-refractivity contribution in [3.63, 3.8) is 0 Å². The number of nitrogens with zero attached hydrogens (tertiary/aromatic N) is 3. The van der Waals surface area contributed by atoms with Gasteiger partial charge < -0.3 is 9.47 Å². The van der Waals surface area contributed by atoms with Crippen molar-refractivity contribution in [1.29, 1.82) is 0 Å². The predicted molar refractivity (Wildman–Crippen MR) is 80.2 cm³/mol. The van der Waals surface area contributed by atoms with Crippen LogP contribution in [0.2, 0.25) is 0 Å². The quantitative estimate of drug-likeness (QED) is 0.520. The fourth-order valence-corrected chi connectivity index (χ4v) is 2.85. The highest BCUT2D eigenvalue weighted by Crippen LogP contribution is 2.31. The molecule has 0 N–H and O–H groups in total. The number of carbonyl (C=O) groups excluding carboxylic acids is 1. The second kappa shape index (κ2) is 5.57. The first kappa shape index (κ1) is 14.2. The maximum Gasteiger partial charge on any atom is 0.308 e. The molecule has 0 aliphatic carbocycles. The van der Waals surface area contributed by atoms with Crippen LogP contribution in [-0.2, 0) is 4.79 Å². The van der Waals surface area contributed by atoms with Gasteiger partial charge in [-0.3, -0.25) is 9.59 Å². The van der Waals surface area contributed by atoms with E-state index in [0.29, 0.717) is 20.8 Å². The molecule has 0 amide bonds. The van der Waals surface area contributed by atoms with Gasteiger partial charge in [0.1, 0.15) is 6.33 Å². The number of hydrogen-bond donors (Lipinski definition) is 0. The zero-order valence-corrected chi connectivity index (χ0v) is 12.6. The van der Waals surface area contributed by atoms with Gasteiger partial charge in [-0.25, -0.2) is 4.98 Å². The van der Waals surface area contributed by atoms with Crippen LogP contribution in [0.5, 0.6) is 11.5 Å². The van der Waals surface area contributed by atoms with Gasteiger partial charge in [-0.15, -0.1) is 0 Å². The minimum Gasteiger partial charge on any atom is -0.493 e. The van der Waals surface area contributed by atoms with Gasteiger partial charge in [0.25, 0.3) is 5.56 Å². The van der Waals surface area contributed by atoms with Gasteiger partial charge in [-0.05, 0) is 12.1 Å². The van der Waals surface area contributed by atoms with E-state index in [1.165, 1.54) is 36.2 Å². The second-order valence-electron chi connectivity index (χ2n) is 4.34. The molecule has 3 rings (SSSR count). The number of ether oxygens (including phenoxy) is 2. The number of benzene rings is 1. The Bertz CT molecular complexity index is 960. The Morgan fingerprint density at radius 1 is 1.41 bits per heavy atom. The molecule has 0 saturated heterocycles. The van der Waals surface area contributed by atoms with Crippen molar-refractivity contribution >= 4 is 28.3 Å². The largest absolute Gasteiger partial charge is 0.493 e. The molecule has 2 aromatic heterocycles. The summed E-state index contributed by atoms with van der Waals surface area (Å²) in [7, 11) is 1.48. The lowest BCUT2D eigenvalue weighted by molar-refractivity contribution is -0.132. The first-order valence-corrected chi connectivity index (χ1v) is 7.11. The van der Waals surface area contributed by atoms with Crippen molar-refractivity contribution in [1.82, 2.24) is 14.6 Å². The number of aromatic nitrogens is 3. The zero-order valence-electron chi connectivity index (χ0n) is 11.8. The molecule has 22 heavy (non-hydrogen) atoms. The zero-order chi connectivity index (χ0) is 15.7. The monoisotopic (exact) mass is 317 g/mol. The third-order valence-corrected chi connectivity index (χ3v) is 3.86. The molecule has 3 aromatic rings. The molecule has 0 saturated carbocycles. The lowest BCUT2D eigenvalue weighted by atomic mass is 10.2. The molecule has 0 spiro atoms. The van der Waals surface area contributed by atoms with E-state index in [1.54, 1.807) is 24.3 Å². The number of rotatable bonds is 3. The van der Waals surface area contributed by atoms with Crippen LogP contribution in [0, 0.1) is 0 Å². The minimum atomic E-state index is -0.468. The smallest absolute Gasteiger partial charge is 0.308 e. The highest BCUT2D eigenvalue weighted by atomic mass is 32.1. The normalized spacial score (nSPS) is 11.8. The average molecular weight is 317 g/mol. The molecule has 1 aromatic carbocycles. The first-order valence-electron chi connectivity index (χ1n) is 6.30. The average Bonchev–Trinajstić information content (AvgIpc) is 3.04. The van der Waals surface area contributed by atoms with Crippen molar-refractivity contribution in [2.24, 2.45) is 0 Å². The standard InChI is InChI=1S/C14H11N3O4S/c1-8(18)21-12-9(4-3-5-10(12)20-2)6-11-13(19)17-14(22-11)15-7-16-17/h3-7H,1-2H3/b11-6-. The van der Waals surface area contributed by atoms with Crippen molar-refractivity contribution in [3.8, 4) is 11.5 Å². The van der Waals surface area contributed by atoms with Crippen LogP contribution < -0.4 is 19.6 Å². The van der Waals surface area contributed by atoms with Gasteiger partial charge in [0, 0.05) is 12.5 Å². The summed E-state index contributed by atoms with van der Waals surface area (Å²) in [4.78, 5) is 28.0. The van der Waals surface area contributed by atoms with Crippen molar-refractivity contribution in [2.45, 2.75) is 6.92 Å². The van der Waals surface area contributed by atoms with Crippen molar-refractivity contribution in [3.05, 3.63) is 45.0 Å². The number of fused-ring (bicyclic) bond motifs is 1. The molecule has 0 fully saturated rings.